The van der Waals surface area contributed by atoms with Crippen LogP contribution >= 0.6 is 0 Å². The van der Waals surface area contributed by atoms with Crippen LogP contribution in [0.3, 0.4) is 0 Å². The fourth-order valence-electron chi connectivity index (χ4n) is 1.89. The number of ketones is 2. The minimum Gasteiger partial charge on any atom is -0.351 e. The van der Waals surface area contributed by atoms with E-state index in [1.807, 2.05) is 25.5 Å². The molecule has 0 amide bonds. The standard InChI is InChI=1S/C13H15N3O2/c1-8-7-10(9(2)16(8)4)11(17)12(18)13-14-5-6-15(13)3/h5-7H,1-4H3. The first-order valence-electron chi connectivity index (χ1n) is 5.62. The molecule has 94 valence electrons. The molecule has 2 aromatic heterocycles. The normalized spacial score (nSPS) is 10.7. The number of hydrogen-bond donors (Lipinski definition) is 0. The van der Waals surface area contributed by atoms with E-state index in [9.17, 15) is 9.59 Å². The van der Waals surface area contributed by atoms with Gasteiger partial charge >= 0.3 is 0 Å². The fraction of sp³-hybridized carbons (Fsp3) is 0.308. The summed E-state index contributed by atoms with van der Waals surface area (Å²) in [6.07, 6.45) is 3.15. The molecule has 0 atom stereocenters. The topological polar surface area (TPSA) is 56.9 Å². The van der Waals surface area contributed by atoms with Crippen molar-refractivity contribution in [3.05, 3.63) is 41.2 Å². The van der Waals surface area contributed by atoms with Crippen LogP contribution < -0.4 is 0 Å². The van der Waals surface area contributed by atoms with Gasteiger partial charge in [0, 0.05) is 43.4 Å². The average molecular weight is 245 g/mol. The van der Waals surface area contributed by atoms with E-state index >= 15 is 0 Å². The molecule has 0 spiro atoms. The number of rotatable bonds is 3. The monoisotopic (exact) mass is 245 g/mol. The van der Waals surface area contributed by atoms with Crippen LogP contribution in [-0.4, -0.2) is 25.7 Å². The summed E-state index contributed by atoms with van der Waals surface area (Å²) in [6.45, 7) is 3.72. The van der Waals surface area contributed by atoms with Gasteiger partial charge in [0.25, 0.3) is 5.78 Å². The van der Waals surface area contributed by atoms with Gasteiger partial charge in [-0.25, -0.2) is 4.98 Å². The second-order valence-electron chi connectivity index (χ2n) is 4.36. The van der Waals surface area contributed by atoms with Crippen molar-refractivity contribution in [2.24, 2.45) is 14.1 Å². The second-order valence-corrected chi connectivity index (χ2v) is 4.36. The Balaban J connectivity index is 2.41. The first-order chi connectivity index (χ1) is 8.43. The van der Waals surface area contributed by atoms with Gasteiger partial charge in [0.05, 0.1) is 0 Å². The van der Waals surface area contributed by atoms with Crippen LogP contribution in [0.15, 0.2) is 18.5 Å². The second kappa shape index (κ2) is 4.25. The number of Topliss-reactive ketones (excluding diaryl/α,β-unsaturated/α-hetero) is 2. The number of carbonyl (C=O) groups excluding carboxylic acids is 2. The van der Waals surface area contributed by atoms with Gasteiger partial charge in [0.15, 0.2) is 5.82 Å². The molecule has 0 saturated heterocycles. The van der Waals surface area contributed by atoms with Gasteiger partial charge in [-0.1, -0.05) is 0 Å². The minimum atomic E-state index is -0.573. The highest BCUT2D eigenvalue weighted by atomic mass is 16.2. The van der Waals surface area contributed by atoms with Gasteiger partial charge < -0.3 is 9.13 Å². The molecule has 0 aliphatic rings. The summed E-state index contributed by atoms with van der Waals surface area (Å²) in [6, 6.07) is 1.73. The zero-order valence-electron chi connectivity index (χ0n) is 10.9. The van der Waals surface area contributed by atoms with Crippen LogP contribution in [0.4, 0.5) is 0 Å². The Labute approximate surface area is 105 Å². The van der Waals surface area contributed by atoms with Gasteiger partial charge in [0.1, 0.15) is 0 Å². The van der Waals surface area contributed by atoms with Crippen molar-refractivity contribution in [2.75, 3.05) is 0 Å². The largest absolute Gasteiger partial charge is 0.351 e. The van der Waals surface area contributed by atoms with Gasteiger partial charge in [-0.2, -0.15) is 0 Å². The van der Waals surface area contributed by atoms with Gasteiger partial charge in [-0.3, -0.25) is 9.59 Å². The Morgan fingerprint density at radius 2 is 1.83 bits per heavy atom. The Bertz CT molecular complexity index is 635. The quantitative estimate of drug-likeness (QED) is 0.607. The number of aromatic nitrogens is 3. The van der Waals surface area contributed by atoms with E-state index in [1.165, 1.54) is 6.20 Å². The third-order valence-electron chi connectivity index (χ3n) is 3.25. The maximum absolute atomic E-state index is 12.2. The molecule has 5 heteroatoms. The summed E-state index contributed by atoms with van der Waals surface area (Å²) in [5, 5.41) is 0. The molecular formula is C13H15N3O2. The molecular weight excluding hydrogens is 230 g/mol. The van der Waals surface area contributed by atoms with Gasteiger partial charge in [-0.15, -0.1) is 0 Å². The first kappa shape index (κ1) is 12.3. The third-order valence-corrected chi connectivity index (χ3v) is 3.25. The summed E-state index contributed by atoms with van der Waals surface area (Å²) < 4.78 is 3.43. The van der Waals surface area contributed by atoms with E-state index < -0.39 is 11.6 Å². The number of nitrogens with zero attached hydrogens (tertiary/aromatic N) is 3. The van der Waals surface area contributed by atoms with Crippen molar-refractivity contribution in [3.63, 3.8) is 0 Å². The summed E-state index contributed by atoms with van der Waals surface area (Å²) >= 11 is 0. The van der Waals surface area contributed by atoms with Crippen molar-refractivity contribution in [1.82, 2.24) is 14.1 Å². The molecule has 0 N–H and O–H groups in total. The van der Waals surface area contributed by atoms with E-state index in [1.54, 1.807) is 23.9 Å². The Morgan fingerprint density at radius 3 is 2.28 bits per heavy atom. The van der Waals surface area contributed by atoms with Crippen molar-refractivity contribution < 1.29 is 9.59 Å². The lowest BCUT2D eigenvalue weighted by atomic mass is 10.1. The van der Waals surface area contributed by atoms with Crippen LogP contribution in [-0.2, 0) is 14.1 Å². The predicted octanol–water partition coefficient (Wildman–Crippen LogP) is 1.44. The van der Waals surface area contributed by atoms with Gasteiger partial charge in [-0.05, 0) is 19.9 Å². The zero-order chi connectivity index (χ0) is 13.4. The lowest BCUT2D eigenvalue weighted by molar-refractivity contribution is 0.0808. The average Bonchev–Trinajstić information content (AvgIpc) is 2.87. The van der Waals surface area contributed by atoms with Crippen LogP contribution in [0.25, 0.3) is 0 Å². The summed E-state index contributed by atoms with van der Waals surface area (Å²) in [7, 11) is 3.56. The molecule has 0 aliphatic carbocycles. The first-order valence-corrected chi connectivity index (χ1v) is 5.62. The number of aryl methyl sites for hydroxylation is 2. The number of carbonyl (C=O) groups is 2. The van der Waals surface area contributed by atoms with Crippen LogP contribution in [0.2, 0.25) is 0 Å². The van der Waals surface area contributed by atoms with Crippen LogP contribution in [0.1, 0.15) is 32.4 Å². The molecule has 0 radical (unpaired) electrons. The summed E-state index contributed by atoms with van der Waals surface area (Å²) in [5.74, 6) is -0.914. The highest BCUT2D eigenvalue weighted by Crippen LogP contribution is 2.15. The summed E-state index contributed by atoms with van der Waals surface area (Å²) in [4.78, 5) is 28.1. The zero-order valence-corrected chi connectivity index (χ0v) is 10.9. The van der Waals surface area contributed by atoms with E-state index in [-0.39, 0.29) is 5.82 Å². The smallest absolute Gasteiger partial charge is 0.268 e. The number of imidazole rings is 1. The molecule has 2 rings (SSSR count). The molecule has 0 saturated carbocycles. The Morgan fingerprint density at radius 1 is 1.17 bits per heavy atom. The molecule has 0 aromatic carbocycles. The minimum absolute atomic E-state index is 0.168. The Kier molecular flexibility index (Phi) is 2.90. The van der Waals surface area contributed by atoms with E-state index in [4.69, 9.17) is 0 Å². The molecule has 5 nitrogen and oxygen atoms in total. The van der Waals surface area contributed by atoms with Crippen molar-refractivity contribution in [3.8, 4) is 0 Å². The maximum Gasteiger partial charge on any atom is 0.268 e. The molecule has 0 fully saturated rings. The van der Waals surface area contributed by atoms with E-state index in [2.05, 4.69) is 4.98 Å². The predicted molar refractivity (Wildman–Crippen MR) is 66.8 cm³/mol. The summed E-state index contributed by atoms with van der Waals surface area (Å²) in [5.41, 5.74) is 2.19. The highest BCUT2D eigenvalue weighted by Gasteiger charge is 2.25. The lowest BCUT2D eigenvalue weighted by Gasteiger charge is -2.02. The van der Waals surface area contributed by atoms with Crippen LogP contribution in [0.5, 0.6) is 0 Å². The highest BCUT2D eigenvalue weighted by molar-refractivity contribution is 6.48. The van der Waals surface area contributed by atoms with Crippen molar-refractivity contribution in [1.29, 1.82) is 0 Å². The Hall–Kier alpha value is -2.17. The molecule has 2 heterocycles. The fourth-order valence-corrected chi connectivity index (χ4v) is 1.89. The molecule has 0 aliphatic heterocycles. The molecule has 2 aromatic rings. The number of hydrogen-bond acceptors (Lipinski definition) is 3. The van der Waals surface area contributed by atoms with Crippen molar-refractivity contribution >= 4 is 11.6 Å². The third kappa shape index (κ3) is 1.77. The molecule has 18 heavy (non-hydrogen) atoms. The van der Waals surface area contributed by atoms with Gasteiger partial charge in [0.2, 0.25) is 5.78 Å². The van der Waals surface area contributed by atoms with E-state index in [0.717, 1.165) is 11.4 Å². The van der Waals surface area contributed by atoms with Crippen LogP contribution in [0, 0.1) is 13.8 Å². The van der Waals surface area contributed by atoms with Crippen molar-refractivity contribution in [2.45, 2.75) is 13.8 Å². The molecule has 0 unspecified atom stereocenters. The molecule has 0 bridgehead atoms. The maximum atomic E-state index is 12.2. The lowest BCUT2D eigenvalue weighted by Crippen LogP contribution is -2.19. The SMILES string of the molecule is Cc1cc(C(=O)C(=O)c2nccn2C)c(C)n1C. The van der Waals surface area contributed by atoms with E-state index in [0.29, 0.717) is 5.56 Å².